The first-order valence-corrected chi connectivity index (χ1v) is 7.70. The molecule has 0 saturated heterocycles. The summed E-state index contributed by atoms with van der Waals surface area (Å²) in [7, 11) is 0. The van der Waals surface area contributed by atoms with Gasteiger partial charge in [-0.1, -0.05) is 33.3 Å². The van der Waals surface area contributed by atoms with E-state index in [9.17, 15) is 0 Å². The van der Waals surface area contributed by atoms with Crippen LogP contribution in [0.2, 0.25) is 0 Å². The van der Waals surface area contributed by atoms with Gasteiger partial charge in [-0.05, 0) is 42.0 Å². The van der Waals surface area contributed by atoms with Gasteiger partial charge in [0.2, 0.25) is 0 Å². The minimum atomic E-state index is 0.0245. The van der Waals surface area contributed by atoms with Gasteiger partial charge in [-0.3, -0.25) is 0 Å². The molecule has 0 bridgehead atoms. The Balaban J connectivity index is 2.16. The fraction of sp³-hybridized carbons (Fsp3) is 0.733. The monoisotopic (exact) mass is 251 g/mol. The van der Waals surface area contributed by atoms with Crippen LogP contribution in [-0.2, 0) is 6.42 Å². The highest BCUT2D eigenvalue weighted by atomic mass is 32.1. The van der Waals surface area contributed by atoms with Gasteiger partial charge in [-0.25, -0.2) is 0 Å². The SMILES string of the molecule is CC1CCC(C(C)C)C(N)(Cc2cccs2)C1. The highest BCUT2D eigenvalue weighted by Crippen LogP contribution is 2.41. The van der Waals surface area contributed by atoms with Crippen LogP contribution in [0.5, 0.6) is 0 Å². The zero-order valence-electron chi connectivity index (χ0n) is 11.3. The van der Waals surface area contributed by atoms with Gasteiger partial charge < -0.3 is 5.73 Å². The van der Waals surface area contributed by atoms with E-state index in [1.807, 2.05) is 11.3 Å². The Morgan fingerprint density at radius 1 is 1.47 bits per heavy atom. The first-order valence-electron chi connectivity index (χ1n) is 6.82. The molecular formula is C15H25NS. The summed E-state index contributed by atoms with van der Waals surface area (Å²) in [5, 5.41) is 2.16. The van der Waals surface area contributed by atoms with Gasteiger partial charge in [-0.2, -0.15) is 0 Å². The summed E-state index contributed by atoms with van der Waals surface area (Å²) in [6, 6.07) is 4.37. The van der Waals surface area contributed by atoms with Gasteiger partial charge in [0.15, 0.2) is 0 Å². The molecule has 96 valence electrons. The fourth-order valence-electron chi connectivity index (χ4n) is 3.59. The average Bonchev–Trinajstić information content (AvgIpc) is 2.68. The molecule has 1 nitrogen and oxygen atoms in total. The molecule has 3 unspecified atom stereocenters. The summed E-state index contributed by atoms with van der Waals surface area (Å²) in [5.74, 6) is 2.17. The molecule has 2 rings (SSSR count). The van der Waals surface area contributed by atoms with Crippen LogP contribution in [0, 0.1) is 17.8 Å². The maximum absolute atomic E-state index is 6.79. The Bertz CT molecular complexity index is 344. The fourth-order valence-corrected chi connectivity index (χ4v) is 4.43. The molecule has 0 aliphatic heterocycles. The topological polar surface area (TPSA) is 26.0 Å². The van der Waals surface area contributed by atoms with Gasteiger partial charge >= 0.3 is 0 Å². The molecule has 0 amide bonds. The Kier molecular flexibility index (Phi) is 3.94. The molecule has 1 aliphatic rings. The van der Waals surface area contributed by atoms with Crippen molar-refractivity contribution in [3.05, 3.63) is 22.4 Å². The van der Waals surface area contributed by atoms with Crippen molar-refractivity contribution in [2.45, 2.75) is 52.0 Å². The molecule has 1 aromatic rings. The molecule has 1 aromatic heterocycles. The maximum Gasteiger partial charge on any atom is 0.0236 e. The molecule has 1 saturated carbocycles. The van der Waals surface area contributed by atoms with E-state index in [1.54, 1.807) is 0 Å². The van der Waals surface area contributed by atoms with E-state index < -0.39 is 0 Å². The molecule has 17 heavy (non-hydrogen) atoms. The van der Waals surface area contributed by atoms with Gasteiger partial charge in [0, 0.05) is 16.8 Å². The molecule has 0 aromatic carbocycles. The Morgan fingerprint density at radius 2 is 2.24 bits per heavy atom. The predicted octanol–water partition coefficient (Wildman–Crippen LogP) is 4.08. The Labute approximate surface area is 109 Å². The van der Waals surface area contributed by atoms with Crippen LogP contribution in [0.4, 0.5) is 0 Å². The number of hydrogen-bond acceptors (Lipinski definition) is 2. The quantitative estimate of drug-likeness (QED) is 0.860. The predicted molar refractivity (Wildman–Crippen MR) is 76.3 cm³/mol. The summed E-state index contributed by atoms with van der Waals surface area (Å²) in [6.07, 6.45) is 4.92. The van der Waals surface area contributed by atoms with Gasteiger partial charge in [0.25, 0.3) is 0 Å². The third kappa shape index (κ3) is 2.92. The summed E-state index contributed by atoms with van der Waals surface area (Å²) in [4.78, 5) is 1.45. The van der Waals surface area contributed by atoms with Crippen molar-refractivity contribution in [3.8, 4) is 0 Å². The smallest absolute Gasteiger partial charge is 0.0236 e. The van der Waals surface area contributed by atoms with E-state index in [0.717, 1.165) is 12.3 Å². The second-order valence-corrected chi connectivity index (χ2v) is 7.26. The lowest BCUT2D eigenvalue weighted by Crippen LogP contribution is -2.54. The van der Waals surface area contributed by atoms with E-state index in [1.165, 1.54) is 24.1 Å². The van der Waals surface area contributed by atoms with Crippen molar-refractivity contribution in [2.24, 2.45) is 23.5 Å². The second kappa shape index (κ2) is 5.11. The first-order chi connectivity index (χ1) is 8.01. The van der Waals surface area contributed by atoms with Crippen LogP contribution in [0.25, 0.3) is 0 Å². The second-order valence-electron chi connectivity index (χ2n) is 6.23. The third-order valence-corrected chi connectivity index (χ3v) is 5.20. The Hall–Kier alpha value is -0.340. The van der Waals surface area contributed by atoms with E-state index >= 15 is 0 Å². The first kappa shape index (κ1) is 13.1. The average molecular weight is 251 g/mol. The minimum Gasteiger partial charge on any atom is -0.325 e. The summed E-state index contributed by atoms with van der Waals surface area (Å²) >= 11 is 1.85. The zero-order chi connectivity index (χ0) is 12.5. The van der Waals surface area contributed by atoms with Gasteiger partial charge in [0.05, 0.1) is 0 Å². The van der Waals surface area contributed by atoms with Crippen LogP contribution in [0.3, 0.4) is 0 Å². The Morgan fingerprint density at radius 3 is 2.82 bits per heavy atom. The molecule has 1 aliphatic carbocycles. The van der Waals surface area contributed by atoms with Crippen molar-refractivity contribution in [1.82, 2.24) is 0 Å². The van der Waals surface area contributed by atoms with Crippen LogP contribution < -0.4 is 5.73 Å². The maximum atomic E-state index is 6.79. The van der Waals surface area contributed by atoms with Crippen molar-refractivity contribution < 1.29 is 0 Å². The lowest BCUT2D eigenvalue weighted by Gasteiger charge is -2.46. The lowest BCUT2D eigenvalue weighted by atomic mass is 9.64. The molecule has 3 atom stereocenters. The van der Waals surface area contributed by atoms with E-state index in [0.29, 0.717) is 11.8 Å². The highest BCUT2D eigenvalue weighted by molar-refractivity contribution is 7.09. The van der Waals surface area contributed by atoms with E-state index in [-0.39, 0.29) is 5.54 Å². The normalized spacial score (nSPS) is 34.2. The standard InChI is InChI=1S/C15H25NS/c1-11(2)14-7-6-12(3)9-15(14,16)10-13-5-4-8-17-13/h4-5,8,11-12,14H,6-7,9-10,16H2,1-3H3. The van der Waals surface area contributed by atoms with Crippen LogP contribution in [0.15, 0.2) is 17.5 Å². The van der Waals surface area contributed by atoms with Crippen molar-refractivity contribution in [3.63, 3.8) is 0 Å². The molecule has 2 N–H and O–H groups in total. The molecule has 0 radical (unpaired) electrons. The lowest BCUT2D eigenvalue weighted by molar-refractivity contribution is 0.110. The largest absolute Gasteiger partial charge is 0.325 e. The van der Waals surface area contributed by atoms with Crippen LogP contribution >= 0.6 is 11.3 Å². The summed E-state index contributed by atoms with van der Waals surface area (Å²) < 4.78 is 0. The van der Waals surface area contributed by atoms with E-state index in [4.69, 9.17) is 5.73 Å². The number of thiophene rings is 1. The van der Waals surface area contributed by atoms with Gasteiger partial charge in [-0.15, -0.1) is 11.3 Å². The minimum absolute atomic E-state index is 0.0245. The van der Waals surface area contributed by atoms with Crippen molar-refractivity contribution in [1.29, 1.82) is 0 Å². The van der Waals surface area contributed by atoms with Crippen molar-refractivity contribution >= 4 is 11.3 Å². The van der Waals surface area contributed by atoms with Crippen LogP contribution in [0.1, 0.15) is 44.9 Å². The molecular weight excluding hydrogens is 226 g/mol. The summed E-state index contributed by atoms with van der Waals surface area (Å²) in [6.45, 7) is 7.01. The van der Waals surface area contributed by atoms with Crippen LogP contribution in [-0.4, -0.2) is 5.54 Å². The highest BCUT2D eigenvalue weighted by Gasteiger charge is 2.41. The molecule has 1 fully saturated rings. The molecule has 1 heterocycles. The number of rotatable bonds is 3. The number of hydrogen-bond donors (Lipinski definition) is 1. The van der Waals surface area contributed by atoms with Crippen molar-refractivity contribution in [2.75, 3.05) is 0 Å². The van der Waals surface area contributed by atoms with E-state index in [2.05, 4.69) is 38.3 Å². The van der Waals surface area contributed by atoms with Gasteiger partial charge in [0.1, 0.15) is 0 Å². The molecule has 0 spiro atoms. The number of nitrogens with two attached hydrogens (primary N) is 1. The third-order valence-electron chi connectivity index (χ3n) is 4.33. The zero-order valence-corrected chi connectivity index (χ0v) is 12.1. The molecule has 2 heteroatoms. The summed E-state index contributed by atoms with van der Waals surface area (Å²) in [5.41, 5.74) is 6.82.